The smallest absolute Gasteiger partial charge is 0.225 e. The predicted octanol–water partition coefficient (Wildman–Crippen LogP) is 2.37. The summed E-state index contributed by atoms with van der Waals surface area (Å²) in [7, 11) is 0. The molecule has 1 aromatic rings. The van der Waals surface area contributed by atoms with Crippen LogP contribution in [0.3, 0.4) is 0 Å². The Morgan fingerprint density at radius 2 is 2.16 bits per heavy atom. The quantitative estimate of drug-likeness (QED) is 0.771. The molecular weight excluding hydrogens is 264 g/mol. The Morgan fingerprint density at radius 3 is 2.79 bits per heavy atom. The first-order valence-electron chi connectivity index (χ1n) is 6.54. The number of hydrogen-bond donors (Lipinski definition) is 2. The lowest BCUT2D eigenvalue weighted by Crippen LogP contribution is -2.31. The molecule has 2 N–H and O–H groups in total. The molecule has 0 saturated carbocycles. The molecule has 1 aromatic carbocycles. The molecule has 1 rings (SSSR count). The molecule has 0 aliphatic heterocycles. The van der Waals surface area contributed by atoms with E-state index in [0.717, 1.165) is 13.0 Å². The second-order valence-electron chi connectivity index (χ2n) is 4.37. The summed E-state index contributed by atoms with van der Waals surface area (Å²) in [6.07, 6.45) is 1.42. The summed E-state index contributed by atoms with van der Waals surface area (Å²) >= 11 is 5.85. The number of carbonyl (C=O) groups excluding carboxylic acids is 1. The van der Waals surface area contributed by atoms with Crippen LogP contribution in [-0.4, -0.2) is 42.2 Å². The van der Waals surface area contributed by atoms with Crippen LogP contribution in [0.5, 0.6) is 0 Å². The van der Waals surface area contributed by atoms with Crippen molar-refractivity contribution >= 4 is 23.2 Å². The van der Waals surface area contributed by atoms with Crippen molar-refractivity contribution in [2.75, 3.05) is 31.6 Å². The molecule has 0 radical (unpaired) electrons. The Bertz CT molecular complexity index is 393. The lowest BCUT2D eigenvalue weighted by molar-refractivity contribution is -0.116. The number of rotatable bonds is 8. The standard InChI is InChI=1S/C14H21ClN2O2/c1-2-7-17(9-10-18)8-6-14(19)16-13-5-3-4-12(15)11-13/h3-5,11,18H,2,6-10H2,1H3,(H,16,19). The molecular formula is C14H21ClN2O2. The molecule has 0 aromatic heterocycles. The Morgan fingerprint density at radius 1 is 1.37 bits per heavy atom. The predicted molar refractivity (Wildman–Crippen MR) is 78.5 cm³/mol. The van der Waals surface area contributed by atoms with E-state index in [9.17, 15) is 4.79 Å². The van der Waals surface area contributed by atoms with Crippen LogP contribution in [0.4, 0.5) is 5.69 Å². The molecule has 19 heavy (non-hydrogen) atoms. The second-order valence-corrected chi connectivity index (χ2v) is 4.81. The normalized spacial score (nSPS) is 10.7. The highest BCUT2D eigenvalue weighted by Crippen LogP contribution is 2.14. The number of benzene rings is 1. The van der Waals surface area contributed by atoms with E-state index in [1.165, 1.54) is 0 Å². The number of carbonyl (C=O) groups is 1. The molecule has 0 fully saturated rings. The minimum Gasteiger partial charge on any atom is -0.395 e. The number of nitrogens with one attached hydrogen (secondary N) is 1. The summed E-state index contributed by atoms with van der Waals surface area (Å²) in [6, 6.07) is 7.09. The largest absolute Gasteiger partial charge is 0.395 e. The Labute approximate surface area is 119 Å². The summed E-state index contributed by atoms with van der Waals surface area (Å²) in [5.41, 5.74) is 0.710. The monoisotopic (exact) mass is 284 g/mol. The highest BCUT2D eigenvalue weighted by atomic mass is 35.5. The van der Waals surface area contributed by atoms with Crippen molar-refractivity contribution in [1.29, 1.82) is 0 Å². The summed E-state index contributed by atoms with van der Waals surface area (Å²) in [6.45, 7) is 4.36. The summed E-state index contributed by atoms with van der Waals surface area (Å²) in [5, 5.41) is 12.3. The average Bonchev–Trinajstić information content (AvgIpc) is 2.36. The molecule has 0 saturated heterocycles. The van der Waals surface area contributed by atoms with Gasteiger partial charge in [-0.15, -0.1) is 0 Å². The Hall–Kier alpha value is -1.10. The van der Waals surface area contributed by atoms with Crippen molar-refractivity contribution in [2.45, 2.75) is 19.8 Å². The van der Waals surface area contributed by atoms with Gasteiger partial charge in [0.25, 0.3) is 0 Å². The van der Waals surface area contributed by atoms with Crippen LogP contribution in [0.15, 0.2) is 24.3 Å². The molecule has 5 heteroatoms. The van der Waals surface area contributed by atoms with E-state index < -0.39 is 0 Å². The third kappa shape index (κ3) is 6.57. The fourth-order valence-electron chi connectivity index (χ4n) is 1.84. The number of nitrogens with zero attached hydrogens (tertiary/aromatic N) is 1. The van der Waals surface area contributed by atoms with E-state index >= 15 is 0 Å². The third-order valence-corrected chi connectivity index (χ3v) is 2.95. The number of aliphatic hydroxyl groups is 1. The average molecular weight is 285 g/mol. The van der Waals surface area contributed by atoms with Crippen molar-refractivity contribution in [3.63, 3.8) is 0 Å². The fraction of sp³-hybridized carbons (Fsp3) is 0.500. The SMILES string of the molecule is CCCN(CCO)CCC(=O)Nc1cccc(Cl)c1. The maximum Gasteiger partial charge on any atom is 0.225 e. The van der Waals surface area contributed by atoms with Gasteiger partial charge in [0, 0.05) is 30.2 Å². The van der Waals surface area contributed by atoms with Crippen LogP contribution in [0.25, 0.3) is 0 Å². The number of aliphatic hydroxyl groups excluding tert-OH is 1. The minimum absolute atomic E-state index is 0.0405. The second kappa shape index (κ2) is 8.91. The summed E-state index contributed by atoms with van der Waals surface area (Å²) in [5.74, 6) is -0.0405. The van der Waals surface area contributed by atoms with Crippen molar-refractivity contribution in [2.24, 2.45) is 0 Å². The van der Waals surface area contributed by atoms with Crippen molar-refractivity contribution in [3.8, 4) is 0 Å². The van der Waals surface area contributed by atoms with Gasteiger partial charge in [-0.2, -0.15) is 0 Å². The van der Waals surface area contributed by atoms with E-state index in [4.69, 9.17) is 16.7 Å². The van der Waals surface area contributed by atoms with Gasteiger partial charge in [0.1, 0.15) is 0 Å². The van der Waals surface area contributed by atoms with Crippen molar-refractivity contribution < 1.29 is 9.90 Å². The van der Waals surface area contributed by atoms with E-state index in [1.54, 1.807) is 24.3 Å². The van der Waals surface area contributed by atoms with Crippen molar-refractivity contribution in [3.05, 3.63) is 29.3 Å². The first kappa shape index (κ1) is 16.0. The van der Waals surface area contributed by atoms with Crippen LogP contribution in [-0.2, 0) is 4.79 Å². The highest BCUT2D eigenvalue weighted by Gasteiger charge is 2.07. The van der Waals surface area contributed by atoms with Gasteiger partial charge in [0.2, 0.25) is 5.91 Å². The van der Waals surface area contributed by atoms with E-state index in [2.05, 4.69) is 17.1 Å². The zero-order chi connectivity index (χ0) is 14.1. The van der Waals surface area contributed by atoms with Gasteiger partial charge >= 0.3 is 0 Å². The van der Waals surface area contributed by atoms with E-state index in [-0.39, 0.29) is 12.5 Å². The maximum atomic E-state index is 11.8. The minimum atomic E-state index is -0.0405. The molecule has 0 heterocycles. The lowest BCUT2D eigenvalue weighted by Gasteiger charge is -2.19. The molecule has 0 atom stereocenters. The molecule has 1 amide bonds. The third-order valence-electron chi connectivity index (χ3n) is 2.72. The fourth-order valence-corrected chi connectivity index (χ4v) is 2.03. The van der Waals surface area contributed by atoms with Crippen LogP contribution in [0.1, 0.15) is 19.8 Å². The van der Waals surface area contributed by atoms with Gasteiger partial charge in [0.15, 0.2) is 0 Å². The zero-order valence-electron chi connectivity index (χ0n) is 11.2. The summed E-state index contributed by atoms with van der Waals surface area (Å²) in [4.78, 5) is 13.9. The Kier molecular flexibility index (Phi) is 7.48. The molecule has 0 aliphatic rings. The topological polar surface area (TPSA) is 52.6 Å². The number of anilines is 1. The van der Waals surface area contributed by atoms with Crippen molar-refractivity contribution in [1.82, 2.24) is 4.90 Å². The van der Waals surface area contributed by atoms with Gasteiger partial charge in [-0.3, -0.25) is 4.79 Å². The van der Waals surface area contributed by atoms with Crippen LogP contribution in [0.2, 0.25) is 5.02 Å². The van der Waals surface area contributed by atoms with E-state index in [0.29, 0.717) is 30.2 Å². The molecule has 106 valence electrons. The molecule has 4 nitrogen and oxygen atoms in total. The van der Waals surface area contributed by atoms with Crippen LogP contribution >= 0.6 is 11.6 Å². The number of halogens is 1. The molecule has 0 bridgehead atoms. The van der Waals surface area contributed by atoms with Gasteiger partial charge < -0.3 is 15.3 Å². The molecule has 0 unspecified atom stereocenters. The van der Waals surface area contributed by atoms with E-state index in [1.807, 2.05) is 0 Å². The van der Waals surface area contributed by atoms with Crippen LogP contribution < -0.4 is 5.32 Å². The number of amides is 1. The first-order chi connectivity index (χ1) is 9.15. The highest BCUT2D eigenvalue weighted by molar-refractivity contribution is 6.30. The summed E-state index contributed by atoms with van der Waals surface area (Å²) < 4.78 is 0. The molecule has 0 spiro atoms. The Balaban J connectivity index is 2.38. The first-order valence-corrected chi connectivity index (χ1v) is 6.92. The van der Waals surface area contributed by atoms with Gasteiger partial charge in [0.05, 0.1) is 6.61 Å². The molecule has 0 aliphatic carbocycles. The van der Waals surface area contributed by atoms with Gasteiger partial charge in [-0.25, -0.2) is 0 Å². The van der Waals surface area contributed by atoms with Crippen LogP contribution in [0, 0.1) is 0 Å². The zero-order valence-corrected chi connectivity index (χ0v) is 12.0. The van der Waals surface area contributed by atoms with Gasteiger partial charge in [-0.1, -0.05) is 24.6 Å². The number of hydrogen-bond acceptors (Lipinski definition) is 3. The lowest BCUT2D eigenvalue weighted by atomic mass is 10.3. The van der Waals surface area contributed by atoms with Gasteiger partial charge in [-0.05, 0) is 31.2 Å². The maximum absolute atomic E-state index is 11.8.